The molecule has 2 heterocycles. The average molecular weight is 383 g/mol. The molecule has 9 heteroatoms. The van der Waals surface area contributed by atoms with Crippen LogP contribution in [0.5, 0.6) is 0 Å². The lowest BCUT2D eigenvalue weighted by molar-refractivity contribution is 0.149. The average Bonchev–Trinajstić information content (AvgIpc) is 2.59. The molecule has 2 atom stereocenters. The van der Waals surface area contributed by atoms with E-state index in [-0.39, 0.29) is 0 Å². The monoisotopic (exact) mass is 382 g/mol. The standard InChI is InChI=1S/C16H26N4O3SSi/c1-5-14(18-21)16(25(2,3)4)24(22,23)20-12-10-19(11-13-20)15-8-6-7-9-17-15/h1,6-9,14,16,18,21H,10-13H2,2-4H3. The van der Waals surface area contributed by atoms with Crippen LogP contribution in [0.2, 0.25) is 19.6 Å². The number of rotatable bonds is 6. The fourth-order valence-corrected chi connectivity index (χ4v) is 9.85. The zero-order valence-corrected chi connectivity index (χ0v) is 16.7. The summed E-state index contributed by atoms with van der Waals surface area (Å²) in [7, 11) is -5.84. The van der Waals surface area contributed by atoms with Crippen molar-refractivity contribution < 1.29 is 13.6 Å². The number of pyridine rings is 1. The Hall–Kier alpha value is -1.44. The molecule has 0 spiro atoms. The van der Waals surface area contributed by atoms with E-state index in [1.807, 2.05) is 43.3 Å². The van der Waals surface area contributed by atoms with Gasteiger partial charge in [0, 0.05) is 32.4 Å². The predicted octanol–water partition coefficient (Wildman–Crippen LogP) is 0.760. The van der Waals surface area contributed by atoms with E-state index in [2.05, 4.69) is 15.8 Å². The van der Waals surface area contributed by atoms with Crippen molar-refractivity contribution in [2.24, 2.45) is 0 Å². The lowest BCUT2D eigenvalue weighted by Gasteiger charge is -2.40. The zero-order chi connectivity index (χ0) is 18.7. The fraction of sp³-hybridized carbons (Fsp3) is 0.562. The van der Waals surface area contributed by atoms with Gasteiger partial charge < -0.3 is 10.1 Å². The van der Waals surface area contributed by atoms with Crippen molar-refractivity contribution in [1.29, 1.82) is 0 Å². The fourth-order valence-electron chi connectivity index (χ4n) is 3.18. The Labute approximate surface area is 151 Å². The molecule has 138 valence electrons. The molecule has 25 heavy (non-hydrogen) atoms. The van der Waals surface area contributed by atoms with Gasteiger partial charge in [-0.1, -0.05) is 31.6 Å². The summed E-state index contributed by atoms with van der Waals surface area (Å²) in [6.07, 6.45) is 7.18. The Bertz CT molecular complexity index is 707. The number of sulfonamides is 1. The summed E-state index contributed by atoms with van der Waals surface area (Å²) in [5, 5.41) is 9.34. The number of hydrogen-bond acceptors (Lipinski definition) is 6. The summed E-state index contributed by atoms with van der Waals surface area (Å²) >= 11 is 0. The Morgan fingerprint density at radius 1 is 1.28 bits per heavy atom. The highest BCUT2D eigenvalue weighted by Crippen LogP contribution is 2.25. The van der Waals surface area contributed by atoms with E-state index in [4.69, 9.17) is 6.42 Å². The zero-order valence-electron chi connectivity index (χ0n) is 14.9. The predicted molar refractivity (Wildman–Crippen MR) is 102 cm³/mol. The Morgan fingerprint density at radius 3 is 2.36 bits per heavy atom. The summed E-state index contributed by atoms with van der Waals surface area (Å²) in [4.78, 5) is 5.59. The van der Waals surface area contributed by atoms with Gasteiger partial charge >= 0.3 is 0 Å². The molecule has 1 aromatic heterocycles. The molecule has 1 aliphatic heterocycles. The minimum atomic E-state index is -3.63. The second-order valence-electron chi connectivity index (χ2n) is 7.18. The van der Waals surface area contributed by atoms with E-state index < -0.39 is 29.0 Å². The van der Waals surface area contributed by atoms with Crippen LogP contribution < -0.4 is 10.4 Å². The van der Waals surface area contributed by atoms with Crippen LogP contribution in [-0.4, -0.2) is 68.1 Å². The Balaban J connectivity index is 2.18. The molecule has 0 amide bonds. The molecule has 1 saturated heterocycles. The van der Waals surface area contributed by atoms with Crippen LogP contribution in [0.1, 0.15) is 0 Å². The summed E-state index contributed by atoms with van der Waals surface area (Å²) in [6, 6.07) is 4.77. The van der Waals surface area contributed by atoms with Crippen LogP contribution in [0.15, 0.2) is 24.4 Å². The van der Waals surface area contributed by atoms with Crippen LogP contribution in [0, 0.1) is 12.3 Å². The van der Waals surface area contributed by atoms with E-state index in [1.54, 1.807) is 6.20 Å². The molecule has 0 aliphatic carbocycles. The largest absolute Gasteiger partial charge is 0.354 e. The Kier molecular flexibility index (Phi) is 6.24. The van der Waals surface area contributed by atoms with Gasteiger partial charge in [0.15, 0.2) is 0 Å². The maximum Gasteiger partial charge on any atom is 0.217 e. The Morgan fingerprint density at radius 2 is 1.92 bits per heavy atom. The van der Waals surface area contributed by atoms with Crippen molar-refractivity contribution in [2.75, 3.05) is 31.1 Å². The van der Waals surface area contributed by atoms with Gasteiger partial charge in [-0.15, -0.1) is 6.42 Å². The number of hydroxylamine groups is 1. The first kappa shape index (κ1) is 19.9. The topological polar surface area (TPSA) is 85.8 Å². The van der Waals surface area contributed by atoms with Crippen LogP contribution in [0.4, 0.5) is 5.82 Å². The minimum absolute atomic E-state index is 0.378. The third kappa shape index (κ3) is 4.40. The second kappa shape index (κ2) is 7.84. The first-order valence-electron chi connectivity index (χ1n) is 8.22. The van der Waals surface area contributed by atoms with Gasteiger partial charge in [-0.2, -0.15) is 9.79 Å². The number of piperazine rings is 1. The number of anilines is 1. The summed E-state index contributed by atoms with van der Waals surface area (Å²) in [5.74, 6) is 3.23. The number of aromatic nitrogens is 1. The smallest absolute Gasteiger partial charge is 0.217 e. The van der Waals surface area contributed by atoms with Gasteiger partial charge in [0.25, 0.3) is 0 Å². The van der Waals surface area contributed by atoms with Crippen LogP contribution in [0.25, 0.3) is 0 Å². The normalized spacial score (nSPS) is 19.2. The second-order valence-corrected chi connectivity index (χ2v) is 15.0. The van der Waals surface area contributed by atoms with Crippen LogP contribution in [-0.2, 0) is 10.0 Å². The number of hydrogen-bond donors (Lipinski definition) is 2. The summed E-state index contributed by atoms with van der Waals surface area (Å²) in [5.41, 5.74) is 2.01. The van der Waals surface area contributed by atoms with Gasteiger partial charge in [-0.05, 0) is 12.1 Å². The van der Waals surface area contributed by atoms with E-state index in [0.717, 1.165) is 5.82 Å². The molecular formula is C16H26N4O3SSi. The van der Waals surface area contributed by atoms with E-state index >= 15 is 0 Å². The first-order valence-corrected chi connectivity index (χ1v) is 13.3. The quantitative estimate of drug-likeness (QED) is 0.429. The molecular weight excluding hydrogens is 356 g/mol. The van der Waals surface area contributed by atoms with Crippen molar-refractivity contribution in [3.8, 4) is 12.3 Å². The maximum atomic E-state index is 13.2. The van der Waals surface area contributed by atoms with E-state index in [9.17, 15) is 13.6 Å². The third-order valence-corrected chi connectivity index (χ3v) is 11.4. The van der Waals surface area contributed by atoms with Crippen LogP contribution in [0.3, 0.4) is 0 Å². The highest BCUT2D eigenvalue weighted by molar-refractivity contribution is 7.91. The summed E-state index contributed by atoms with van der Waals surface area (Å²) < 4.78 is 27.9. The van der Waals surface area contributed by atoms with Gasteiger partial charge in [0.05, 0.1) is 12.9 Å². The SMILES string of the molecule is C#CC(NO)C([Si](C)(C)C)S(=O)(=O)N1CCN(c2ccccn2)CC1. The van der Waals surface area contributed by atoms with Gasteiger partial charge in [-0.3, -0.25) is 0 Å². The molecule has 2 unspecified atom stereocenters. The molecule has 0 radical (unpaired) electrons. The lowest BCUT2D eigenvalue weighted by Crippen LogP contribution is -2.61. The van der Waals surface area contributed by atoms with E-state index in [1.165, 1.54) is 4.31 Å². The van der Waals surface area contributed by atoms with Crippen molar-refractivity contribution >= 4 is 23.9 Å². The maximum absolute atomic E-state index is 13.2. The molecule has 1 fully saturated rings. The lowest BCUT2D eigenvalue weighted by atomic mass is 10.3. The van der Waals surface area contributed by atoms with Crippen molar-refractivity contribution in [1.82, 2.24) is 14.8 Å². The number of nitrogens with one attached hydrogen (secondary N) is 1. The van der Waals surface area contributed by atoms with Crippen molar-refractivity contribution in [3.05, 3.63) is 24.4 Å². The van der Waals surface area contributed by atoms with Crippen molar-refractivity contribution in [3.63, 3.8) is 0 Å². The molecule has 2 rings (SSSR count). The molecule has 0 bridgehead atoms. The number of terminal acetylenes is 1. The van der Waals surface area contributed by atoms with Crippen LogP contribution >= 0.6 is 0 Å². The molecule has 1 aliphatic rings. The molecule has 7 nitrogen and oxygen atoms in total. The molecule has 1 aromatic rings. The highest BCUT2D eigenvalue weighted by Gasteiger charge is 2.46. The summed E-state index contributed by atoms with van der Waals surface area (Å²) in [6.45, 7) is 7.73. The minimum Gasteiger partial charge on any atom is -0.354 e. The first-order chi connectivity index (χ1) is 11.7. The molecule has 0 saturated carbocycles. The van der Waals surface area contributed by atoms with Gasteiger partial charge in [0.1, 0.15) is 11.9 Å². The molecule has 2 N–H and O–H groups in total. The van der Waals surface area contributed by atoms with Gasteiger partial charge in [-0.25, -0.2) is 13.4 Å². The number of nitrogens with zero attached hydrogens (tertiary/aromatic N) is 3. The van der Waals surface area contributed by atoms with E-state index in [0.29, 0.717) is 26.2 Å². The third-order valence-electron chi connectivity index (χ3n) is 4.37. The van der Waals surface area contributed by atoms with Crippen molar-refractivity contribution in [2.45, 2.75) is 30.6 Å². The highest BCUT2D eigenvalue weighted by atomic mass is 32.2. The molecule has 0 aromatic carbocycles. The van der Waals surface area contributed by atoms with Gasteiger partial charge in [0.2, 0.25) is 10.0 Å².